The van der Waals surface area contributed by atoms with E-state index in [4.69, 9.17) is 9.97 Å². The van der Waals surface area contributed by atoms with E-state index in [9.17, 15) is 0 Å². The van der Waals surface area contributed by atoms with Gasteiger partial charge in [0, 0.05) is 37.4 Å². The average molecular weight is 738 g/mol. The fraction of sp³-hybridized carbons (Fsp3) is 0.200. The number of pyridine rings is 2. The summed E-state index contributed by atoms with van der Waals surface area (Å²) < 4.78 is 0. The minimum atomic E-state index is 0. The second kappa shape index (κ2) is 12.0. The van der Waals surface area contributed by atoms with E-state index >= 15 is 0 Å². The Kier molecular flexibility index (Phi) is 8.52. The minimum absolute atomic E-state index is 0. The van der Waals surface area contributed by atoms with Gasteiger partial charge < -0.3 is 4.98 Å². The molecule has 1 radical (unpaired) electrons. The molecule has 0 fully saturated rings. The molecule has 0 aliphatic carbocycles. The van der Waals surface area contributed by atoms with Crippen LogP contribution in [0.5, 0.6) is 0 Å². The number of aromatic nitrogens is 2. The largest absolute Gasteiger partial charge is 0.304 e. The quantitative estimate of drug-likeness (QED) is 0.168. The van der Waals surface area contributed by atoms with Crippen molar-refractivity contribution in [3.8, 4) is 44.9 Å². The van der Waals surface area contributed by atoms with Gasteiger partial charge in [-0.1, -0.05) is 114 Å². The Labute approximate surface area is 269 Å². The molecule has 43 heavy (non-hydrogen) atoms. The topological polar surface area (TPSA) is 25.8 Å². The molecule has 217 valence electrons. The SMILES string of the molecule is CC(C)(C)c1ccc(-c2cc(-c3cc[c-]c(-c4nccc5ccccc45)c3)cc(-c3ccc(C(C)(C)C)cc3)n2)cc1.[Ir]. The molecule has 0 aliphatic rings. The van der Waals surface area contributed by atoms with Crippen molar-refractivity contribution in [2.75, 3.05) is 0 Å². The third-order valence-electron chi connectivity index (χ3n) is 7.98. The van der Waals surface area contributed by atoms with E-state index in [2.05, 4.69) is 151 Å². The monoisotopic (exact) mass is 738 g/mol. The normalized spacial score (nSPS) is 11.8. The van der Waals surface area contributed by atoms with Crippen LogP contribution >= 0.6 is 0 Å². The fourth-order valence-electron chi connectivity index (χ4n) is 5.39. The molecule has 0 bridgehead atoms. The molecule has 6 rings (SSSR count). The molecule has 0 unspecified atom stereocenters. The van der Waals surface area contributed by atoms with E-state index in [0.29, 0.717) is 0 Å². The Hall–Kier alpha value is -3.91. The van der Waals surface area contributed by atoms with Gasteiger partial charge in [-0.2, -0.15) is 0 Å². The van der Waals surface area contributed by atoms with Crippen LogP contribution in [0.2, 0.25) is 0 Å². The van der Waals surface area contributed by atoms with E-state index in [0.717, 1.165) is 50.3 Å². The Balaban J connectivity index is 0.00000368. The molecule has 0 atom stereocenters. The summed E-state index contributed by atoms with van der Waals surface area (Å²) in [6, 6.07) is 42.3. The molecule has 2 heterocycles. The molecule has 0 spiro atoms. The van der Waals surface area contributed by atoms with E-state index in [1.807, 2.05) is 12.3 Å². The van der Waals surface area contributed by atoms with Crippen molar-refractivity contribution in [2.24, 2.45) is 0 Å². The zero-order valence-corrected chi connectivity index (χ0v) is 28.1. The summed E-state index contributed by atoms with van der Waals surface area (Å²) in [5.41, 5.74) is 11.1. The molecule has 2 nitrogen and oxygen atoms in total. The van der Waals surface area contributed by atoms with Crippen molar-refractivity contribution in [3.05, 3.63) is 133 Å². The zero-order chi connectivity index (χ0) is 29.5. The number of hydrogen-bond donors (Lipinski definition) is 0. The van der Waals surface area contributed by atoms with Gasteiger partial charge in [0.2, 0.25) is 0 Å². The summed E-state index contributed by atoms with van der Waals surface area (Å²) in [6.45, 7) is 13.5. The first-order valence-electron chi connectivity index (χ1n) is 14.7. The number of hydrogen-bond acceptors (Lipinski definition) is 2. The molecule has 3 heteroatoms. The van der Waals surface area contributed by atoms with Crippen LogP contribution in [0.1, 0.15) is 52.7 Å². The molecule has 6 aromatic rings. The third kappa shape index (κ3) is 6.54. The van der Waals surface area contributed by atoms with Gasteiger partial charge in [-0.25, -0.2) is 4.98 Å². The van der Waals surface area contributed by atoms with Crippen LogP contribution in [0, 0.1) is 6.07 Å². The van der Waals surface area contributed by atoms with Crippen LogP contribution < -0.4 is 0 Å². The molecule has 2 aromatic heterocycles. The van der Waals surface area contributed by atoms with Crippen molar-refractivity contribution in [3.63, 3.8) is 0 Å². The smallest absolute Gasteiger partial charge is 0.0715 e. The molecule has 0 aliphatic heterocycles. The van der Waals surface area contributed by atoms with Crippen LogP contribution in [-0.2, 0) is 30.9 Å². The summed E-state index contributed by atoms with van der Waals surface area (Å²) in [6.07, 6.45) is 1.88. The van der Waals surface area contributed by atoms with E-state index in [1.165, 1.54) is 16.5 Å². The summed E-state index contributed by atoms with van der Waals surface area (Å²) in [7, 11) is 0. The van der Waals surface area contributed by atoms with E-state index in [-0.39, 0.29) is 30.9 Å². The maximum atomic E-state index is 5.18. The van der Waals surface area contributed by atoms with E-state index < -0.39 is 0 Å². The summed E-state index contributed by atoms with van der Waals surface area (Å²) >= 11 is 0. The molecule has 0 saturated heterocycles. The second-order valence-corrected chi connectivity index (χ2v) is 13.2. The first-order valence-corrected chi connectivity index (χ1v) is 14.7. The molecule has 0 N–H and O–H groups in total. The molecule has 0 amide bonds. The Morgan fingerprint density at radius 1 is 0.558 bits per heavy atom. The van der Waals surface area contributed by atoms with E-state index in [1.54, 1.807) is 0 Å². The predicted molar refractivity (Wildman–Crippen MR) is 178 cm³/mol. The van der Waals surface area contributed by atoms with Gasteiger partial charge in [-0.05, 0) is 62.2 Å². The van der Waals surface area contributed by atoms with Crippen molar-refractivity contribution >= 4 is 10.8 Å². The fourth-order valence-corrected chi connectivity index (χ4v) is 5.39. The van der Waals surface area contributed by atoms with Gasteiger partial charge in [0.25, 0.3) is 0 Å². The van der Waals surface area contributed by atoms with Gasteiger partial charge in [-0.15, -0.1) is 35.4 Å². The second-order valence-electron chi connectivity index (χ2n) is 13.2. The van der Waals surface area contributed by atoms with Crippen molar-refractivity contribution < 1.29 is 20.1 Å². The van der Waals surface area contributed by atoms with Gasteiger partial charge in [0.15, 0.2) is 0 Å². The standard InChI is InChI=1S/C40H37N2.Ir/c1-39(2,3)33-18-14-28(15-19-33)36-25-32(26-37(42-36)29-16-20-34(21-17-29)40(4,5)6)30-11-9-12-31(24-30)38-35-13-8-7-10-27(35)22-23-41-38;/h7-11,13-26H,1-6H3;/q-1;. The van der Waals surface area contributed by atoms with Crippen molar-refractivity contribution in [1.82, 2.24) is 9.97 Å². The number of fused-ring (bicyclic) bond motifs is 1. The van der Waals surface area contributed by atoms with Crippen molar-refractivity contribution in [1.29, 1.82) is 0 Å². The Bertz CT molecular complexity index is 1790. The van der Waals surface area contributed by atoms with Gasteiger partial charge in [-0.3, -0.25) is 0 Å². The van der Waals surface area contributed by atoms with Gasteiger partial charge >= 0.3 is 0 Å². The summed E-state index contributed by atoms with van der Waals surface area (Å²) in [5, 5.41) is 2.30. The van der Waals surface area contributed by atoms with Crippen LogP contribution in [-0.4, -0.2) is 9.97 Å². The van der Waals surface area contributed by atoms with Crippen LogP contribution in [0.4, 0.5) is 0 Å². The summed E-state index contributed by atoms with van der Waals surface area (Å²) in [5.74, 6) is 0. The average Bonchev–Trinajstić information content (AvgIpc) is 3.00. The molecular formula is C40H37IrN2-. The number of benzene rings is 4. The Morgan fingerprint density at radius 3 is 1.67 bits per heavy atom. The number of rotatable bonds is 4. The third-order valence-corrected chi connectivity index (χ3v) is 7.98. The maximum absolute atomic E-state index is 5.18. The van der Waals surface area contributed by atoms with Crippen molar-refractivity contribution in [2.45, 2.75) is 52.4 Å². The van der Waals surface area contributed by atoms with Gasteiger partial charge in [0.1, 0.15) is 0 Å². The number of nitrogens with zero attached hydrogens (tertiary/aromatic N) is 2. The first kappa shape index (κ1) is 30.5. The molecule has 0 saturated carbocycles. The first-order chi connectivity index (χ1) is 20.1. The van der Waals surface area contributed by atoms with Crippen LogP contribution in [0.3, 0.4) is 0 Å². The van der Waals surface area contributed by atoms with Gasteiger partial charge in [0.05, 0.1) is 11.4 Å². The minimum Gasteiger partial charge on any atom is -0.304 e. The maximum Gasteiger partial charge on any atom is 0.0715 e. The molecule has 4 aromatic carbocycles. The van der Waals surface area contributed by atoms with Crippen LogP contribution in [0.15, 0.2) is 115 Å². The zero-order valence-electron chi connectivity index (χ0n) is 25.7. The Morgan fingerprint density at radius 2 is 1.12 bits per heavy atom. The molecular weight excluding hydrogens is 701 g/mol. The summed E-state index contributed by atoms with van der Waals surface area (Å²) in [4.78, 5) is 9.94. The van der Waals surface area contributed by atoms with Crippen LogP contribution in [0.25, 0.3) is 55.7 Å². The predicted octanol–water partition coefficient (Wildman–Crippen LogP) is 10.7.